The van der Waals surface area contributed by atoms with Crippen molar-refractivity contribution in [3.63, 3.8) is 0 Å². The lowest BCUT2D eigenvalue weighted by molar-refractivity contribution is 0.244. The molecule has 0 bridgehead atoms. The summed E-state index contributed by atoms with van der Waals surface area (Å²) < 4.78 is 0. The monoisotopic (exact) mass is 259 g/mol. The Labute approximate surface area is 111 Å². The Balaban J connectivity index is 1.70. The number of fused-ring (bicyclic) bond motifs is 1. The van der Waals surface area contributed by atoms with Crippen molar-refractivity contribution in [2.45, 2.75) is 19.5 Å². The largest absolute Gasteiger partial charge is 0.388 e. The average Bonchev–Trinajstić information content (AvgIpc) is 2.86. The highest BCUT2D eigenvalue weighted by Gasteiger charge is 2.17. The number of nitrogens with one attached hydrogen (secondary N) is 1. The lowest BCUT2D eigenvalue weighted by Gasteiger charge is -2.26. The molecule has 2 aromatic rings. The molecule has 0 saturated carbocycles. The van der Waals surface area contributed by atoms with Crippen LogP contribution in [0.1, 0.15) is 16.1 Å². The van der Waals surface area contributed by atoms with Gasteiger partial charge in [0.05, 0.1) is 5.69 Å². The molecule has 3 rings (SSSR count). The molecule has 0 fully saturated rings. The van der Waals surface area contributed by atoms with Gasteiger partial charge in [-0.05, 0) is 35.6 Å². The minimum atomic E-state index is 0.935. The summed E-state index contributed by atoms with van der Waals surface area (Å²) in [4.78, 5) is 8.47. The minimum absolute atomic E-state index is 0.935. The summed E-state index contributed by atoms with van der Waals surface area (Å²) in [5.74, 6) is 0. The molecule has 0 atom stereocenters. The Morgan fingerprint density at radius 1 is 1.44 bits per heavy atom. The topological polar surface area (TPSA) is 28.2 Å². The third-order valence-electron chi connectivity index (χ3n) is 3.38. The van der Waals surface area contributed by atoms with Crippen LogP contribution in [-0.4, -0.2) is 23.5 Å². The Kier molecular flexibility index (Phi) is 3.30. The Morgan fingerprint density at radius 3 is 3.28 bits per heavy atom. The second kappa shape index (κ2) is 5.08. The SMILES string of the molecule is CNc1ccnc(CN2CCc3sccc3C2)c1. The third-order valence-corrected chi connectivity index (χ3v) is 4.40. The smallest absolute Gasteiger partial charge is 0.0564 e. The summed E-state index contributed by atoms with van der Waals surface area (Å²) in [5, 5.41) is 5.36. The van der Waals surface area contributed by atoms with Crippen molar-refractivity contribution in [2.75, 3.05) is 18.9 Å². The number of hydrogen-bond acceptors (Lipinski definition) is 4. The van der Waals surface area contributed by atoms with Gasteiger partial charge in [-0.2, -0.15) is 0 Å². The molecule has 3 nitrogen and oxygen atoms in total. The molecule has 1 N–H and O–H groups in total. The normalized spacial score (nSPS) is 15.4. The van der Waals surface area contributed by atoms with Crippen LogP contribution in [0.2, 0.25) is 0 Å². The predicted octanol–water partition coefficient (Wildman–Crippen LogP) is 2.74. The van der Waals surface area contributed by atoms with Gasteiger partial charge in [0, 0.05) is 43.4 Å². The zero-order chi connectivity index (χ0) is 12.4. The molecular formula is C14H17N3S. The first kappa shape index (κ1) is 11.7. The number of thiophene rings is 1. The van der Waals surface area contributed by atoms with Crippen molar-refractivity contribution in [3.8, 4) is 0 Å². The van der Waals surface area contributed by atoms with E-state index in [1.165, 1.54) is 12.0 Å². The highest BCUT2D eigenvalue weighted by Crippen LogP contribution is 2.24. The average molecular weight is 259 g/mol. The van der Waals surface area contributed by atoms with Crippen LogP contribution in [0, 0.1) is 0 Å². The molecule has 94 valence electrons. The second-order valence-corrected chi connectivity index (χ2v) is 5.62. The number of pyridine rings is 1. The number of aromatic nitrogens is 1. The molecule has 0 radical (unpaired) electrons. The highest BCUT2D eigenvalue weighted by molar-refractivity contribution is 7.10. The fourth-order valence-corrected chi connectivity index (χ4v) is 3.28. The molecule has 18 heavy (non-hydrogen) atoms. The van der Waals surface area contributed by atoms with Crippen molar-refractivity contribution in [2.24, 2.45) is 0 Å². The first-order chi connectivity index (χ1) is 8.85. The number of nitrogens with zero attached hydrogens (tertiary/aromatic N) is 2. The van der Waals surface area contributed by atoms with Crippen LogP contribution in [0.25, 0.3) is 0 Å². The van der Waals surface area contributed by atoms with E-state index in [1.54, 1.807) is 4.88 Å². The van der Waals surface area contributed by atoms with Gasteiger partial charge in [0.15, 0.2) is 0 Å². The summed E-state index contributed by atoms with van der Waals surface area (Å²) in [6.45, 7) is 3.13. The molecule has 4 heteroatoms. The molecule has 3 heterocycles. The van der Waals surface area contributed by atoms with Crippen LogP contribution < -0.4 is 5.32 Å². The molecule has 2 aromatic heterocycles. The van der Waals surface area contributed by atoms with E-state index >= 15 is 0 Å². The molecule has 0 spiro atoms. The summed E-state index contributed by atoms with van der Waals surface area (Å²) >= 11 is 1.89. The van der Waals surface area contributed by atoms with Crippen LogP contribution in [-0.2, 0) is 19.5 Å². The van der Waals surface area contributed by atoms with E-state index in [0.717, 1.165) is 31.0 Å². The summed E-state index contributed by atoms with van der Waals surface area (Å²) in [6.07, 6.45) is 3.06. The number of rotatable bonds is 3. The quantitative estimate of drug-likeness (QED) is 0.918. The standard InChI is InChI=1S/C14H17N3S/c1-15-12-2-5-16-13(8-12)10-17-6-3-14-11(9-17)4-7-18-14/h2,4-5,7-8H,3,6,9-10H2,1H3,(H,15,16). The lowest BCUT2D eigenvalue weighted by atomic mass is 10.1. The fraction of sp³-hybridized carbons (Fsp3) is 0.357. The van der Waals surface area contributed by atoms with Crippen LogP contribution >= 0.6 is 11.3 Å². The Hall–Kier alpha value is -1.39. The van der Waals surface area contributed by atoms with E-state index in [9.17, 15) is 0 Å². The Morgan fingerprint density at radius 2 is 2.39 bits per heavy atom. The number of hydrogen-bond donors (Lipinski definition) is 1. The van der Waals surface area contributed by atoms with Crippen LogP contribution in [0.15, 0.2) is 29.8 Å². The van der Waals surface area contributed by atoms with E-state index in [0.29, 0.717) is 0 Å². The van der Waals surface area contributed by atoms with Gasteiger partial charge < -0.3 is 5.32 Å². The van der Waals surface area contributed by atoms with Crippen molar-refractivity contribution >= 4 is 17.0 Å². The molecule has 0 saturated heterocycles. The van der Waals surface area contributed by atoms with Gasteiger partial charge in [-0.3, -0.25) is 9.88 Å². The van der Waals surface area contributed by atoms with Gasteiger partial charge >= 0.3 is 0 Å². The summed E-state index contributed by atoms with van der Waals surface area (Å²) in [5.41, 5.74) is 3.77. The van der Waals surface area contributed by atoms with Gasteiger partial charge in [0.2, 0.25) is 0 Å². The van der Waals surface area contributed by atoms with Crippen LogP contribution in [0.3, 0.4) is 0 Å². The summed E-state index contributed by atoms with van der Waals surface area (Å²) in [7, 11) is 1.94. The van der Waals surface area contributed by atoms with Crippen molar-refractivity contribution in [1.82, 2.24) is 9.88 Å². The molecule has 0 unspecified atom stereocenters. The first-order valence-electron chi connectivity index (χ1n) is 6.25. The van der Waals surface area contributed by atoms with Crippen molar-refractivity contribution < 1.29 is 0 Å². The third kappa shape index (κ3) is 2.40. The van der Waals surface area contributed by atoms with E-state index in [4.69, 9.17) is 0 Å². The zero-order valence-electron chi connectivity index (χ0n) is 10.5. The van der Waals surface area contributed by atoms with Crippen LogP contribution in [0.4, 0.5) is 5.69 Å². The van der Waals surface area contributed by atoms with Gasteiger partial charge in [-0.25, -0.2) is 0 Å². The van der Waals surface area contributed by atoms with Crippen LogP contribution in [0.5, 0.6) is 0 Å². The van der Waals surface area contributed by atoms with Gasteiger partial charge in [-0.1, -0.05) is 0 Å². The predicted molar refractivity (Wildman–Crippen MR) is 75.9 cm³/mol. The van der Waals surface area contributed by atoms with E-state index < -0.39 is 0 Å². The highest BCUT2D eigenvalue weighted by atomic mass is 32.1. The first-order valence-corrected chi connectivity index (χ1v) is 7.13. The van der Waals surface area contributed by atoms with E-state index in [1.807, 2.05) is 30.6 Å². The molecule has 0 amide bonds. The maximum absolute atomic E-state index is 4.45. The molecule has 1 aliphatic rings. The molecule has 1 aliphatic heterocycles. The Bertz CT molecular complexity index is 535. The molecule has 0 aliphatic carbocycles. The van der Waals surface area contributed by atoms with E-state index in [2.05, 4.69) is 32.7 Å². The minimum Gasteiger partial charge on any atom is -0.388 e. The zero-order valence-corrected chi connectivity index (χ0v) is 11.3. The van der Waals surface area contributed by atoms with Gasteiger partial charge in [-0.15, -0.1) is 11.3 Å². The van der Waals surface area contributed by atoms with Crippen molar-refractivity contribution in [1.29, 1.82) is 0 Å². The number of anilines is 1. The second-order valence-electron chi connectivity index (χ2n) is 4.62. The maximum Gasteiger partial charge on any atom is 0.0564 e. The maximum atomic E-state index is 4.45. The fourth-order valence-electron chi connectivity index (χ4n) is 2.39. The van der Waals surface area contributed by atoms with Gasteiger partial charge in [0.1, 0.15) is 0 Å². The van der Waals surface area contributed by atoms with Crippen molar-refractivity contribution in [3.05, 3.63) is 45.9 Å². The molecule has 0 aromatic carbocycles. The van der Waals surface area contributed by atoms with E-state index in [-0.39, 0.29) is 0 Å². The lowest BCUT2D eigenvalue weighted by Crippen LogP contribution is -2.29. The summed E-state index contributed by atoms with van der Waals surface area (Å²) in [6, 6.07) is 6.38. The molecular weight excluding hydrogens is 242 g/mol. The van der Waals surface area contributed by atoms with Gasteiger partial charge in [0.25, 0.3) is 0 Å².